The van der Waals surface area contributed by atoms with Crippen molar-refractivity contribution < 1.29 is 62.9 Å². The van der Waals surface area contributed by atoms with Gasteiger partial charge < -0.3 is 49.7 Å². The molecule has 20 heteroatoms. The van der Waals surface area contributed by atoms with Gasteiger partial charge in [0.1, 0.15) is 24.4 Å². The highest BCUT2D eigenvalue weighted by molar-refractivity contribution is 5.91. The molecule has 4 N–H and O–H groups in total. The minimum absolute atomic E-state index is 0.0560. The number of ether oxygens (including phenoxy) is 3. The van der Waals surface area contributed by atoms with E-state index in [4.69, 9.17) is 23.9 Å². The van der Waals surface area contributed by atoms with E-state index in [2.05, 4.69) is 10.6 Å². The number of nitrogens with one attached hydrogen (secondary N) is 2. The van der Waals surface area contributed by atoms with E-state index < -0.39 is 72.0 Å². The number of hydroxylamine groups is 2. The molecule has 2 saturated heterocycles. The number of unbranched alkanes of at least 4 members (excludes halogenated alkanes) is 2. The van der Waals surface area contributed by atoms with Crippen molar-refractivity contribution in [2.45, 2.75) is 168 Å². The smallest absolute Gasteiger partial charge is 0.333 e. The molecule has 3 heterocycles. The summed E-state index contributed by atoms with van der Waals surface area (Å²) < 4.78 is 18.9. The number of aromatic nitrogens is 1. The quantitative estimate of drug-likeness (QED) is 0.0519. The fourth-order valence-electron chi connectivity index (χ4n) is 11.0. The second-order valence-corrected chi connectivity index (χ2v) is 22.3. The SMILES string of the molecule is CCC(C)C(C(CC(=O)N1CCCC1C(OC)C(C)C(=O)NC(Cc1ccc(OCc2ccccc2)cc1)C(=O)N1CCCCO1)OC)N(C)C(=O)C(NC(=O)C(C(C)C)N(C)CCCCCC(=O)On1c(O)ccc1O)C(C)C. The molecule has 80 heavy (non-hydrogen) atoms. The van der Waals surface area contributed by atoms with E-state index in [1.54, 1.807) is 23.8 Å². The van der Waals surface area contributed by atoms with Crippen molar-refractivity contribution in [3.8, 4) is 17.5 Å². The van der Waals surface area contributed by atoms with Crippen molar-refractivity contribution in [2.24, 2.45) is 23.7 Å². The van der Waals surface area contributed by atoms with Gasteiger partial charge in [-0.1, -0.05) is 104 Å². The highest BCUT2D eigenvalue weighted by Crippen LogP contribution is 2.30. The van der Waals surface area contributed by atoms with E-state index in [0.717, 1.165) is 24.0 Å². The molecular formula is C60H91N7O13. The molecule has 5 rings (SSSR count). The molecule has 0 aliphatic carbocycles. The fraction of sp³-hybridized carbons (Fsp3) is 0.633. The van der Waals surface area contributed by atoms with Gasteiger partial charge in [0.25, 0.3) is 5.91 Å². The summed E-state index contributed by atoms with van der Waals surface area (Å²) in [6.07, 6.45) is 4.13. The molecule has 0 radical (unpaired) electrons. The molecule has 5 amide bonds. The van der Waals surface area contributed by atoms with Gasteiger partial charge in [-0.2, -0.15) is 0 Å². The lowest BCUT2D eigenvalue weighted by Gasteiger charge is -2.41. The summed E-state index contributed by atoms with van der Waals surface area (Å²) >= 11 is 0. The molecule has 0 spiro atoms. The zero-order chi connectivity index (χ0) is 58.6. The number of amides is 5. The van der Waals surface area contributed by atoms with Gasteiger partial charge in [-0.3, -0.25) is 33.7 Å². The van der Waals surface area contributed by atoms with Crippen LogP contribution in [-0.4, -0.2) is 167 Å². The maximum absolute atomic E-state index is 14.7. The third-order valence-corrected chi connectivity index (χ3v) is 15.7. The van der Waals surface area contributed by atoms with Crippen molar-refractivity contribution in [3.05, 3.63) is 77.9 Å². The lowest BCUT2D eigenvalue weighted by atomic mass is 9.89. The van der Waals surface area contributed by atoms with E-state index in [-0.39, 0.29) is 60.6 Å². The first-order chi connectivity index (χ1) is 38.2. The molecule has 2 aliphatic rings. The summed E-state index contributed by atoms with van der Waals surface area (Å²) in [7, 11) is 6.63. The number of likely N-dealkylation sites (N-methyl/N-ethyl adjacent to an activating group) is 2. The summed E-state index contributed by atoms with van der Waals surface area (Å²) in [5, 5.41) is 27.0. The maximum atomic E-state index is 14.7. The monoisotopic (exact) mass is 1120 g/mol. The zero-order valence-corrected chi connectivity index (χ0v) is 49.1. The summed E-state index contributed by atoms with van der Waals surface area (Å²) in [6, 6.07) is 16.3. The number of likely N-dealkylation sites (tertiary alicyclic amines) is 1. The fourth-order valence-corrected chi connectivity index (χ4v) is 11.0. The second kappa shape index (κ2) is 31.7. The van der Waals surface area contributed by atoms with Crippen molar-refractivity contribution >= 4 is 35.5 Å². The van der Waals surface area contributed by atoms with Crippen LogP contribution < -0.4 is 20.2 Å². The van der Waals surface area contributed by atoms with Crippen LogP contribution >= 0.6 is 0 Å². The van der Waals surface area contributed by atoms with Crippen LogP contribution in [0, 0.1) is 23.7 Å². The Bertz CT molecular complexity index is 2410. The number of aromatic hydroxyl groups is 2. The Labute approximate surface area is 473 Å². The van der Waals surface area contributed by atoms with Crippen molar-refractivity contribution in [1.29, 1.82) is 0 Å². The number of hydrogen-bond acceptors (Lipinski definition) is 14. The number of methoxy groups -OCH3 is 2. The maximum Gasteiger partial charge on any atom is 0.333 e. The van der Waals surface area contributed by atoms with Crippen LogP contribution in [0.5, 0.6) is 17.5 Å². The molecule has 0 bridgehead atoms. The van der Waals surface area contributed by atoms with Crippen molar-refractivity contribution in [3.63, 3.8) is 0 Å². The molecule has 1 aromatic heterocycles. The van der Waals surface area contributed by atoms with E-state index >= 15 is 0 Å². The highest BCUT2D eigenvalue weighted by Gasteiger charge is 2.44. The summed E-state index contributed by atoms with van der Waals surface area (Å²) in [6.45, 7) is 15.7. The molecule has 9 atom stereocenters. The van der Waals surface area contributed by atoms with E-state index in [9.17, 15) is 39.0 Å². The van der Waals surface area contributed by atoms with Gasteiger partial charge >= 0.3 is 5.97 Å². The Morgan fingerprint density at radius 2 is 1.46 bits per heavy atom. The van der Waals surface area contributed by atoms with Crippen LogP contribution in [0.1, 0.15) is 124 Å². The molecule has 20 nitrogen and oxygen atoms in total. The number of nitrogens with zero attached hydrogens (tertiary/aromatic N) is 5. The predicted molar refractivity (Wildman–Crippen MR) is 302 cm³/mol. The molecule has 2 fully saturated rings. The van der Waals surface area contributed by atoms with E-state index in [0.29, 0.717) is 81.9 Å². The lowest BCUT2D eigenvalue weighted by Crippen LogP contribution is -2.60. The van der Waals surface area contributed by atoms with Crippen LogP contribution in [-0.2, 0) is 56.1 Å². The van der Waals surface area contributed by atoms with Crippen LogP contribution in [0.3, 0.4) is 0 Å². The molecule has 3 aromatic rings. The van der Waals surface area contributed by atoms with Gasteiger partial charge in [-0.05, 0) is 93.1 Å². The molecule has 9 unspecified atom stereocenters. The number of rotatable bonds is 31. The highest BCUT2D eigenvalue weighted by atomic mass is 16.7. The van der Waals surface area contributed by atoms with Gasteiger partial charge in [0.2, 0.25) is 35.4 Å². The first-order valence-corrected chi connectivity index (χ1v) is 28.6. The standard InChI is InChI=1S/C60H91N7O13/c1-12-41(6)55(64(9)60(75)53(39(2)3)62-58(73)54(40(4)5)63(8)32-18-14-17-25-52(71)80-67-49(68)30-31-50(67)69)48(76-10)37-51(70)65-33-21-24-47(65)56(77-11)42(7)57(72)61-46(59(74)66-34-19-20-35-79-66)36-43-26-28-45(29-27-43)78-38-44-22-15-13-16-23-44/h13,15-16,22-23,26-31,39-42,46-48,53-56,68-69H,12,14,17-21,24-25,32-38H2,1-11H3,(H,61,72)(H,62,73). The average Bonchev–Trinajstić information content (AvgIpc) is 4.06. The number of hydrogen-bond donors (Lipinski definition) is 4. The molecular weight excluding hydrogens is 1030 g/mol. The van der Waals surface area contributed by atoms with Gasteiger partial charge in [0.15, 0.2) is 0 Å². The molecule has 2 aromatic carbocycles. The van der Waals surface area contributed by atoms with E-state index in [1.807, 2.05) is 108 Å². The van der Waals surface area contributed by atoms with Crippen molar-refractivity contribution in [2.75, 3.05) is 54.6 Å². The Kier molecular flexibility index (Phi) is 25.6. The van der Waals surface area contributed by atoms with Gasteiger partial charge in [0, 0.05) is 59.3 Å². The lowest BCUT2D eigenvalue weighted by molar-refractivity contribution is -0.199. The molecule has 0 saturated carbocycles. The van der Waals surface area contributed by atoms with Gasteiger partial charge in [-0.25, -0.2) is 9.86 Å². The molecule has 444 valence electrons. The first kappa shape index (κ1) is 64.6. The largest absolute Gasteiger partial charge is 0.492 e. The summed E-state index contributed by atoms with van der Waals surface area (Å²) in [4.78, 5) is 101. The van der Waals surface area contributed by atoms with Crippen LogP contribution in [0.15, 0.2) is 66.7 Å². The van der Waals surface area contributed by atoms with E-state index in [1.165, 1.54) is 31.4 Å². The van der Waals surface area contributed by atoms with Crippen LogP contribution in [0.4, 0.5) is 0 Å². The summed E-state index contributed by atoms with van der Waals surface area (Å²) in [5.41, 5.74) is 1.86. The van der Waals surface area contributed by atoms with Gasteiger partial charge in [-0.15, -0.1) is 4.73 Å². The number of benzene rings is 2. The predicted octanol–water partition coefficient (Wildman–Crippen LogP) is 6.29. The third-order valence-electron chi connectivity index (χ3n) is 15.7. The Hall–Kier alpha value is -6.22. The minimum Gasteiger partial charge on any atom is -0.492 e. The normalized spacial score (nSPS) is 17.8. The zero-order valence-electron chi connectivity index (χ0n) is 49.1. The number of carbonyl (C=O) groups is 6. The topological polar surface area (TPSA) is 231 Å². The minimum atomic E-state index is -0.945. The third kappa shape index (κ3) is 17.9. The Balaban J connectivity index is 1.22. The Morgan fingerprint density at radius 1 is 0.775 bits per heavy atom. The summed E-state index contributed by atoms with van der Waals surface area (Å²) in [5.74, 6) is -3.55. The Morgan fingerprint density at radius 3 is 2.06 bits per heavy atom. The van der Waals surface area contributed by atoms with Crippen LogP contribution in [0.25, 0.3) is 0 Å². The molecule has 2 aliphatic heterocycles. The number of carbonyl (C=O) groups excluding carboxylic acids is 6. The second-order valence-electron chi connectivity index (χ2n) is 22.3. The first-order valence-electron chi connectivity index (χ1n) is 28.6. The average molecular weight is 1120 g/mol. The van der Waals surface area contributed by atoms with Crippen molar-refractivity contribution in [1.82, 2.24) is 35.1 Å². The van der Waals surface area contributed by atoms with Crippen LogP contribution in [0.2, 0.25) is 0 Å². The van der Waals surface area contributed by atoms with Gasteiger partial charge in [0.05, 0.1) is 49.3 Å².